The van der Waals surface area contributed by atoms with Gasteiger partial charge in [0, 0.05) is 19.0 Å². The average Bonchev–Trinajstić information content (AvgIpc) is 2.48. The van der Waals surface area contributed by atoms with Crippen LogP contribution in [-0.2, 0) is 16.1 Å². The fraction of sp³-hybridized carbons (Fsp3) is 0.300. The van der Waals surface area contributed by atoms with Gasteiger partial charge in [-0.25, -0.2) is 0 Å². The molecule has 0 amide bonds. The lowest BCUT2D eigenvalue weighted by atomic mass is 10.1. The molecule has 2 rings (SSSR count). The van der Waals surface area contributed by atoms with Crippen molar-refractivity contribution in [2.75, 3.05) is 0 Å². The molecule has 0 aromatic heterocycles. The Labute approximate surface area is 76.7 Å². The highest BCUT2D eigenvalue weighted by Gasteiger charge is 2.22. The molecule has 1 aromatic carbocycles. The molecule has 1 aromatic rings. The van der Waals surface area contributed by atoms with Crippen LogP contribution in [0.4, 0.5) is 0 Å². The van der Waals surface area contributed by atoms with Gasteiger partial charge in [-0.15, -0.1) is 0 Å². The van der Waals surface area contributed by atoms with Gasteiger partial charge in [0.15, 0.2) is 6.23 Å². The van der Waals surface area contributed by atoms with Gasteiger partial charge in [-0.3, -0.25) is 10.1 Å². The Morgan fingerprint density at radius 2 is 2.31 bits per heavy atom. The minimum atomic E-state index is -0.256. The Morgan fingerprint density at radius 1 is 1.54 bits per heavy atom. The first-order valence-electron chi connectivity index (χ1n) is 4.26. The van der Waals surface area contributed by atoms with Crippen LogP contribution in [-0.4, -0.2) is 5.97 Å². The van der Waals surface area contributed by atoms with E-state index in [4.69, 9.17) is 4.74 Å². The number of nitrogens with one attached hydrogen (secondary N) is 1. The number of esters is 1. The van der Waals surface area contributed by atoms with Gasteiger partial charge in [-0.05, 0) is 5.56 Å². The zero-order valence-electron chi connectivity index (χ0n) is 7.41. The summed E-state index contributed by atoms with van der Waals surface area (Å²) in [5.74, 6) is -0.255. The highest BCUT2D eigenvalue weighted by Crippen LogP contribution is 2.25. The molecule has 68 valence electrons. The Hall–Kier alpha value is -1.35. The maximum absolute atomic E-state index is 10.7. The lowest BCUT2D eigenvalue weighted by Gasteiger charge is -2.11. The third kappa shape index (κ3) is 1.55. The van der Waals surface area contributed by atoms with Crippen LogP contribution >= 0.6 is 0 Å². The lowest BCUT2D eigenvalue weighted by Crippen LogP contribution is -2.17. The molecule has 1 aliphatic rings. The third-order valence-corrected chi connectivity index (χ3v) is 2.10. The summed E-state index contributed by atoms with van der Waals surface area (Å²) in [7, 11) is 0. The minimum Gasteiger partial charge on any atom is -0.442 e. The SMILES string of the molecule is CC(=O)OC1NCc2ccccc21. The molecule has 0 saturated carbocycles. The van der Waals surface area contributed by atoms with Crippen molar-refractivity contribution in [3.05, 3.63) is 35.4 Å². The molecule has 0 fully saturated rings. The van der Waals surface area contributed by atoms with Crippen LogP contribution in [0.2, 0.25) is 0 Å². The summed E-state index contributed by atoms with van der Waals surface area (Å²) in [5.41, 5.74) is 2.27. The van der Waals surface area contributed by atoms with Crippen molar-refractivity contribution in [3.8, 4) is 0 Å². The normalized spacial score (nSPS) is 19.6. The van der Waals surface area contributed by atoms with E-state index < -0.39 is 0 Å². The van der Waals surface area contributed by atoms with Gasteiger partial charge in [0.2, 0.25) is 0 Å². The first-order chi connectivity index (χ1) is 6.27. The van der Waals surface area contributed by atoms with E-state index in [2.05, 4.69) is 5.32 Å². The second-order valence-electron chi connectivity index (χ2n) is 3.07. The topological polar surface area (TPSA) is 38.3 Å². The number of rotatable bonds is 1. The van der Waals surface area contributed by atoms with Crippen molar-refractivity contribution in [2.24, 2.45) is 0 Å². The first kappa shape index (κ1) is 8.26. The van der Waals surface area contributed by atoms with Crippen LogP contribution in [0.3, 0.4) is 0 Å². The number of hydrogen-bond donors (Lipinski definition) is 1. The molecule has 1 atom stereocenters. The van der Waals surface area contributed by atoms with Crippen molar-refractivity contribution in [1.82, 2.24) is 5.32 Å². The highest BCUT2D eigenvalue weighted by molar-refractivity contribution is 5.66. The third-order valence-electron chi connectivity index (χ3n) is 2.10. The number of carbonyl (C=O) groups is 1. The second kappa shape index (κ2) is 3.18. The molecular weight excluding hydrogens is 166 g/mol. The number of carbonyl (C=O) groups excluding carboxylic acids is 1. The van der Waals surface area contributed by atoms with Gasteiger partial charge in [0.05, 0.1) is 0 Å². The summed E-state index contributed by atoms with van der Waals surface area (Å²) in [4.78, 5) is 10.7. The summed E-state index contributed by atoms with van der Waals surface area (Å²) < 4.78 is 5.09. The Bertz CT molecular complexity index is 335. The summed E-state index contributed by atoms with van der Waals surface area (Å²) >= 11 is 0. The number of benzene rings is 1. The van der Waals surface area contributed by atoms with Crippen molar-refractivity contribution in [1.29, 1.82) is 0 Å². The van der Waals surface area contributed by atoms with Crippen molar-refractivity contribution < 1.29 is 9.53 Å². The van der Waals surface area contributed by atoms with Crippen molar-refractivity contribution in [3.63, 3.8) is 0 Å². The van der Waals surface area contributed by atoms with Crippen molar-refractivity contribution in [2.45, 2.75) is 19.7 Å². The summed E-state index contributed by atoms with van der Waals surface area (Å²) in [6.07, 6.45) is -0.256. The standard InChI is InChI=1S/C10H11NO2/c1-7(12)13-10-9-5-3-2-4-8(9)6-11-10/h2-5,10-11H,6H2,1H3. The van der Waals surface area contributed by atoms with E-state index in [9.17, 15) is 4.79 Å². The minimum absolute atomic E-state index is 0.255. The molecule has 0 bridgehead atoms. The van der Waals surface area contributed by atoms with E-state index in [-0.39, 0.29) is 12.2 Å². The maximum atomic E-state index is 10.7. The highest BCUT2D eigenvalue weighted by atomic mass is 16.6. The fourth-order valence-electron chi connectivity index (χ4n) is 1.53. The molecule has 1 N–H and O–H groups in total. The fourth-order valence-corrected chi connectivity index (χ4v) is 1.53. The first-order valence-corrected chi connectivity index (χ1v) is 4.26. The lowest BCUT2D eigenvalue weighted by molar-refractivity contribution is -0.147. The second-order valence-corrected chi connectivity index (χ2v) is 3.07. The Balaban J connectivity index is 2.23. The molecule has 3 heteroatoms. The maximum Gasteiger partial charge on any atom is 0.304 e. The van der Waals surface area contributed by atoms with Crippen LogP contribution in [0.25, 0.3) is 0 Å². The van der Waals surface area contributed by atoms with E-state index in [1.807, 2.05) is 24.3 Å². The number of ether oxygens (including phenoxy) is 1. The number of fused-ring (bicyclic) bond motifs is 1. The largest absolute Gasteiger partial charge is 0.442 e. The zero-order valence-corrected chi connectivity index (χ0v) is 7.41. The van der Waals surface area contributed by atoms with E-state index in [1.54, 1.807) is 0 Å². The molecule has 0 spiro atoms. The van der Waals surface area contributed by atoms with Crippen LogP contribution in [0.15, 0.2) is 24.3 Å². The van der Waals surface area contributed by atoms with Crippen LogP contribution in [0.5, 0.6) is 0 Å². The van der Waals surface area contributed by atoms with Crippen LogP contribution < -0.4 is 5.32 Å². The van der Waals surface area contributed by atoms with E-state index in [0.29, 0.717) is 0 Å². The van der Waals surface area contributed by atoms with Gasteiger partial charge in [-0.2, -0.15) is 0 Å². The van der Waals surface area contributed by atoms with Gasteiger partial charge < -0.3 is 4.74 Å². The van der Waals surface area contributed by atoms with Crippen LogP contribution in [0, 0.1) is 0 Å². The summed E-state index contributed by atoms with van der Waals surface area (Å²) in [5, 5.41) is 3.11. The van der Waals surface area contributed by atoms with Gasteiger partial charge in [0.25, 0.3) is 0 Å². The van der Waals surface area contributed by atoms with Gasteiger partial charge in [0.1, 0.15) is 0 Å². The van der Waals surface area contributed by atoms with Crippen LogP contribution in [0.1, 0.15) is 24.3 Å². The molecule has 1 heterocycles. The van der Waals surface area contributed by atoms with E-state index in [0.717, 1.165) is 12.1 Å². The Kier molecular flexibility index (Phi) is 2.02. The summed E-state index contributed by atoms with van der Waals surface area (Å²) in [6, 6.07) is 7.94. The quantitative estimate of drug-likeness (QED) is 0.658. The Morgan fingerprint density at radius 3 is 3.08 bits per heavy atom. The van der Waals surface area contributed by atoms with E-state index in [1.165, 1.54) is 12.5 Å². The molecule has 0 saturated heterocycles. The van der Waals surface area contributed by atoms with Gasteiger partial charge >= 0.3 is 5.97 Å². The monoisotopic (exact) mass is 177 g/mol. The molecule has 1 unspecified atom stereocenters. The summed E-state index contributed by atoms with van der Waals surface area (Å²) in [6.45, 7) is 2.19. The molecule has 1 aliphatic heterocycles. The zero-order chi connectivity index (χ0) is 9.26. The predicted molar refractivity (Wildman–Crippen MR) is 47.8 cm³/mol. The smallest absolute Gasteiger partial charge is 0.304 e. The molecule has 3 nitrogen and oxygen atoms in total. The van der Waals surface area contributed by atoms with Gasteiger partial charge in [-0.1, -0.05) is 24.3 Å². The molecule has 0 aliphatic carbocycles. The van der Waals surface area contributed by atoms with Crippen molar-refractivity contribution >= 4 is 5.97 Å². The molecular formula is C10H11NO2. The predicted octanol–water partition coefficient (Wildman–Crippen LogP) is 1.35. The average molecular weight is 177 g/mol. The number of hydrogen-bond acceptors (Lipinski definition) is 3. The molecule has 0 radical (unpaired) electrons. The molecule has 13 heavy (non-hydrogen) atoms. The van der Waals surface area contributed by atoms with E-state index >= 15 is 0 Å².